The summed E-state index contributed by atoms with van der Waals surface area (Å²) in [6.07, 6.45) is 12.9. The molecule has 0 fully saturated rings. The van der Waals surface area contributed by atoms with Crippen LogP contribution in [0, 0.1) is 0 Å². The summed E-state index contributed by atoms with van der Waals surface area (Å²) in [6, 6.07) is 7.03. The van der Waals surface area contributed by atoms with E-state index in [2.05, 4.69) is 20.6 Å². The lowest BCUT2D eigenvalue weighted by Gasteiger charge is -2.06. The largest absolute Gasteiger partial charge is 0.352 e. The van der Waals surface area contributed by atoms with Crippen LogP contribution in [0.3, 0.4) is 0 Å². The number of hydrogen-bond acceptors (Lipinski definition) is 4. The minimum absolute atomic E-state index is 0.0672. The van der Waals surface area contributed by atoms with E-state index in [0.29, 0.717) is 24.2 Å². The van der Waals surface area contributed by atoms with Gasteiger partial charge in [-0.05, 0) is 37.1 Å². The fraction of sp³-hybridized carbons (Fsp3) is 0.400. The summed E-state index contributed by atoms with van der Waals surface area (Å²) >= 11 is 0. The van der Waals surface area contributed by atoms with Gasteiger partial charge in [0.05, 0.1) is 11.1 Å². The zero-order chi connectivity index (χ0) is 18.5. The first kappa shape index (κ1) is 19.6. The van der Waals surface area contributed by atoms with Crippen molar-refractivity contribution in [3.05, 3.63) is 60.2 Å². The fourth-order valence-electron chi connectivity index (χ4n) is 2.56. The second-order valence-corrected chi connectivity index (χ2v) is 6.12. The van der Waals surface area contributed by atoms with Crippen LogP contribution in [-0.4, -0.2) is 34.9 Å². The number of carbonyl (C=O) groups is 2. The van der Waals surface area contributed by atoms with Gasteiger partial charge in [-0.3, -0.25) is 19.6 Å². The monoisotopic (exact) mass is 354 g/mol. The molecule has 0 aliphatic heterocycles. The summed E-state index contributed by atoms with van der Waals surface area (Å²) in [5.74, 6) is -0.134. The maximum Gasteiger partial charge on any atom is 0.252 e. The van der Waals surface area contributed by atoms with Crippen LogP contribution >= 0.6 is 0 Å². The Bertz CT molecular complexity index is 603. The third-order valence-electron chi connectivity index (χ3n) is 4.02. The maximum atomic E-state index is 11.8. The molecule has 0 atom stereocenters. The highest BCUT2D eigenvalue weighted by Crippen LogP contribution is 2.05. The number of nitrogens with zero attached hydrogens (tertiary/aromatic N) is 2. The molecule has 0 radical (unpaired) electrons. The first-order valence-electron chi connectivity index (χ1n) is 9.14. The third kappa shape index (κ3) is 7.42. The van der Waals surface area contributed by atoms with Crippen molar-refractivity contribution in [1.29, 1.82) is 0 Å². The quantitative estimate of drug-likeness (QED) is 0.608. The summed E-state index contributed by atoms with van der Waals surface area (Å²) in [5, 5.41) is 5.81. The molecule has 26 heavy (non-hydrogen) atoms. The average molecular weight is 354 g/mol. The van der Waals surface area contributed by atoms with Crippen molar-refractivity contribution in [2.24, 2.45) is 0 Å². The van der Waals surface area contributed by atoms with Crippen molar-refractivity contribution < 1.29 is 9.59 Å². The molecule has 0 saturated heterocycles. The number of carbonyl (C=O) groups excluding carboxylic acids is 2. The normalized spacial score (nSPS) is 10.3. The Kier molecular flexibility index (Phi) is 8.83. The van der Waals surface area contributed by atoms with E-state index in [4.69, 9.17) is 0 Å². The predicted molar refractivity (Wildman–Crippen MR) is 101 cm³/mol. The summed E-state index contributed by atoms with van der Waals surface area (Å²) in [7, 11) is 0. The molecule has 2 rings (SSSR count). The van der Waals surface area contributed by atoms with Gasteiger partial charge in [-0.1, -0.05) is 25.7 Å². The lowest BCUT2D eigenvalue weighted by Crippen LogP contribution is -2.24. The van der Waals surface area contributed by atoms with E-state index in [-0.39, 0.29) is 11.8 Å². The van der Waals surface area contributed by atoms with E-state index >= 15 is 0 Å². The minimum atomic E-state index is -0.0672. The molecular weight excluding hydrogens is 328 g/mol. The molecule has 2 heterocycles. The van der Waals surface area contributed by atoms with E-state index in [1.807, 2.05) is 0 Å². The summed E-state index contributed by atoms with van der Waals surface area (Å²) in [4.78, 5) is 31.5. The Morgan fingerprint density at radius 1 is 0.692 bits per heavy atom. The van der Waals surface area contributed by atoms with E-state index in [1.165, 1.54) is 0 Å². The van der Waals surface area contributed by atoms with Crippen LogP contribution < -0.4 is 10.6 Å². The van der Waals surface area contributed by atoms with Crippen LogP contribution in [0.4, 0.5) is 0 Å². The number of unbranched alkanes of at least 4 members (excludes halogenated alkanes) is 5. The Hall–Kier alpha value is -2.76. The Labute approximate surface area is 154 Å². The van der Waals surface area contributed by atoms with Crippen LogP contribution in [0.5, 0.6) is 0 Å². The first-order chi connectivity index (χ1) is 12.8. The number of hydrogen-bond donors (Lipinski definition) is 2. The number of nitrogens with one attached hydrogen (secondary N) is 2. The number of amides is 2. The minimum Gasteiger partial charge on any atom is -0.352 e. The highest BCUT2D eigenvalue weighted by Gasteiger charge is 2.04. The van der Waals surface area contributed by atoms with Gasteiger partial charge < -0.3 is 10.6 Å². The second kappa shape index (κ2) is 11.7. The van der Waals surface area contributed by atoms with Gasteiger partial charge in [-0.2, -0.15) is 0 Å². The van der Waals surface area contributed by atoms with Crippen molar-refractivity contribution in [2.45, 2.75) is 38.5 Å². The van der Waals surface area contributed by atoms with Gasteiger partial charge in [0, 0.05) is 37.9 Å². The lowest BCUT2D eigenvalue weighted by molar-refractivity contribution is 0.0944. The van der Waals surface area contributed by atoms with Crippen LogP contribution in [0.2, 0.25) is 0 Å². The summed E-state index contributed by atoms with van der Waals surface area (Å²) in [5.41, 5.74) is 1.20. The lowest BCUT2D eigenvalue weighted by atomic mass is 10.1. The van der Waals surface area contributed by atoms with E-state index in [1.54, 1.807) is 49.1 Å². The van der Waals surface area contributed by atoms with Crippen molar-refractivity contribution in [3.63, 3.8) is 0 Å². The molecule has 2 aromatic rings. The Morgan fingerprint density at radius 2 is 1.12 bits per heavy atom. The Morgan fingerprint density at radius 3 is 1.50 bits per heavy atom. The molecule has 6 nitrogen and oxygen atoms in total. The summed E-state index contributed by atoms with van der Waals surface area (Å²) < 4.78 is 0. The highest BCUT2D eigenvalue weighted by molar-refractivity contribution is 5.94. The molecule has 0 bridgehead atoms. The average Bonchev–Trinajstić information content (AvgIpc) is 2.70. The van der Waals surface area contributed by atoms with E-state index in [0.717, 1.165) is 38.5 Å². The smallest absolute Gasteiger partial charge is 0.252 e. The third-order valence-corrected chi connectivity index (χ3v) is 4.02. The number of rotatable bonds is 11. The van der Waals surface area contributed by atoms with Crippen molar-refractivity contribution in [3.8, 4) is 0 Å². The molecule has 0 unspecified atom stereocenters. The molecule has 0 aromatic carbocycles. The van der Waals surface area contributed by atoms with Gasteiger partial charge in [0.25, 0.3) is 11.8 Å². The standard InChI is InChI=1S/C20H26N4O2/c25-19(17-9-7-11-21-15-17)23-13-5-3-1-2-4-6-14-24-20(26)18-10-8-12-22-16-18/h7-12,15-16H,1-6,13-14H2,(H,23,25)(H,24,26). The molecule has 0 spiro atoms. The summed E-state index contributed by atoms with van der Waals surface area (Å²) in [6.45, 7) is 1.38. The zero-order valence-electron chi connectivity index (χ0n) is 15.0. The van der Waals surface area contributed by atoms with Gasteiger partial charge in [0.1, 0.15) is 0 Å². The van der Waals surface area contributed by atoms with Crippen LogP contribution in [0.15, 0.2) is 49.1 Å². The van der Waals surface area contributed by atoms with Crippen LogP contribution in [-0.2, 0) is 0 Å². The van der Waals surface area contributed by atoms with Gasteiger partial charge in [-0.25, -0.2) is 0 Å². The molecule has 2 aromatic heterocycles. The van der Waals surface area contributed by atoms with Gasteiger partial charge in [0.2, 0.25) is 0 Å². The van der Waals surface area contributed by atoms with Crippen LogP contribution in [0.1, 0.15) is 59.2 Å². The number of aromatic nitrogens is 2. The van der Waals surface area contributed by atoms with Gasteiger partial charge in [0.15, 0.2) is 0 Å². The van der Waals surface area contributed by atoms with E-state index in [9.17, 15) is 9.59 Å². The topological polar surface area (TPSA) is 84.0 Å². The molecule has 138 valence electrons. The first-order valence-corrected chi connectivity index (χ1v) is 9.14. The molecule has 2 N–H and O–H groups in total. The Balaban J connectivity index is 1.41. The highest BCUT2D eigenvalue weighted by atomic mass is 16.2. The zero-order valence-corrected chi connectivity index (χ0v) is 15.0. The molecular formula is C20H26N4O2. The molecule has 2 amide bonds. The second-order valence-electron chi connectivity index (χ2n) is 6.12. The van der Waals surface area contributed by atoms with Crippen molar-refractivity contribution in [1.82, 2.24) is 20.6 Å². The molecule has 6 heteroatoms. The maximum absolute atomic E-state index is 11.8. The van der Waals surface area contributed by atoms with E-state index < -0.39 is 0 Å². The van der Waals surface area contributed by atoms with Gasteiger partial charge >= 0.3 is 0 Å². The number of pyridine rings is 2. The van der Waals surface area contributed by atoms with Gasteiger partial charge in [-0.15, -0.1) is 0 Å². The van der Waals surface area contributed by atoms with Crippen molar-refractivity contribution >= 4 is 11.8 Å². The SMILES string of the molecule is O=C(NCCCCCCCCNC(=O)c1cccnc1)c1cccnc1. The predicted octanol–water partition coefficient (Wildman–Crippen LogP) is 2.98. The van der Waals surface area contributed by atoms with Crippen molar-refractivity contribution in [2.75, 3.05) is 13.1 Å². The van der Waals surface area contributed by atoms with Crippen LogP contribution in [0.25, 0.3) is 0 Å². The molecule has 0 aliphatic carbocycles. The molecule has 0 saturated carbocycles. The molecule has 0 aliphatic rings. The fourth-order valence-corrected chi connectivity index (χ4v) is 2.56.